The molecule has 36 heavy (non-hydrogen) atoms. The molecule has 0 fully saturated rings. The van der Waals surface area contributed by atoms with E-state index in [1.54, 1.807) is 0 Å². The van der Waals surface area contributed by atoms with Crippen molar-refractivity contribution in [1.29, 1.82) is 0 Å². The maximum atomic E-state index is 14.5. The van der Waals surface area contributed by atoms with E-state index < -0.39 is 29.0 Å². The van der Waals surface area contributed by atoms with Crippen LogP contribution in [0.4, 0.5) is 13.2 Å². The zero-order valence-corrected chi connectivity index (χ0v) is 19.3. The Balaban J connectivity index is 1.71. The molecule has 1 N–H and O–H groups in total. The van der Waals surface area contributed by atoms with Gasteiger partial charge in [0.05, 0.1) is 5.56 Å². The van der Waals surface area contributed by atoms with Gasteiger partial charge in [-0.3, -0.25) is 4.79 Å². The van der Waals surface area contributed by atoms with Gasteiger partial charge in [-0.05, 0) is 42.0 Å². The SMILES string of the molecule is O=C(c1noc(-c2ccncn2)n1)c1c(C(F)(F)F)n(Cc2ccc(Cl)cc2Cl)c2ccc(O)cc12. The zero-order chi connectivity index (χ0) is 25.6. The molecule has 0 radical (unpaired) electrons. The third-order valence-corrected chi connectivity index (χ3v) is 5.90. The average molecular weight is 534 g/mol. The number of nitrogens with zero attached hydrogens (tertiary/aromatic N) is 5. The number of aromatic hydroxyl groups is 1. The Morgan fingerprint density at radius 2 is 1.92 bits per heavy atom. The first-order chi connectivity index (χ1) is 17.1. The molecule has 13 heteroatoms. The quantitative estimate of drug-likeness (QED) is 0.285. The van der Waals surface area contributed by atoms with E-state index in [0.717, 1.165) is 10.6 Å². The molecule has 2 aromatic carbocycles. The van der Waals surface area contributed by atoms with E-state index >= 15 is 0 Å². The Hall–Kier alpha value is -3.96. The predicted octanol–water partition coefficient (Wildman–Crippen LogP) is 5.79. The molecule has 5 aromatic rings. The van der Waals surface area contributed by atoms with E-state index in [1.165, 1.54) is 48.9 Å². The van der Waals surface area contributed by atoms with Crippen LogP contribution in [0.1, 0.15) is 27.4 Å². The number of hydrogen-bond donors (Lipinski definition) is 1. The van der Waals surface area contributed by atoms with Gasteiger partial charge < -0.3 is 14.2 Å². The third kappa shape index (κ3) is 4.27. The Kier molecular flexibility index (Phi) is 5.89. The van der Waals surface area contributed by atoms with Gasteiger partial charge in [0.1, 0.15) is 23.5 Å². The Morgan fingerprint density at radius 1 is 1.11 bits per heavy atom. The minimum Gasteiger partial charge on any atom is -0.508 e. The van der Waals surface area contributed by atoms with E-state index in [9.17, 15) is 23.1 Å². The van der Waals surface area contributed by atoms with E-state index in [-0.39, 0.29) is 39.8 Å². The number of halogens is 5. The number of carbonyl (C=O) groups excluding carboxylic acids is 1. The van der Waals surface area contributed by atoms with Crippen LogP contribution in [-0.4, -0.2) is 35.6 Å². The highest BCUT2D eigenvalue weighted by Crippen LogP contribution is 2.41. The number of alkyl halides is 3. The fourth-order valence-electron chi connectivity index (χ4n) is 3.80. The molecular formula is C23H12Cl2F3N5O3. The minimum atomic E-state index is -4.97. The molecule has 182 valence electrons. The molecular weight excluding hydrogens is 522 g/mol. The summed E-state index contributed by atoms with van der Waals surface area (Å²) in [5, 5.41) is 13.9. The molecule has 0 bridgehead atoms. The van der Waals surface area contributed by atoms with Gasteiger partial charge in [0.25, 0.3) is 5.89 Å². The predicted molar refractivity (Wildman–Crippen MR) is 123 cm³/mol. The summed E-state index contributed by atoms with van der Waals surface area (Å²) in [5.41, 5.74) is -1.44. The molecule has 0 atom stereocenters. The van der Waals surface area contributed by atoms with Crippen molar-refractivity contribution in [2.45, 2.75) is 12.7 Å². The van der Waals surface area contributed by atoms with Crippen LogP contribution in [0.3, 0.4) is 0 Å². The van der Waals surface area contributed by atoms with E-state index in [4.69, 9.17) is 27.7 Å². The van der Waals surface area contributed by atoms with Crippen LogP contribution in [0.5, 0.6) is 5.75 Å². The topological polar surface area (TPSA) is 107 Å². The van der Waals surface area contributed by atoms with Gasteiger partial charge >= 0.3 is 6.18 Å². The van der Waals surface area contributed by atoms with Gasteiger partial charge in [0.2, 0.25) is 11.6 Å². The second-order valence-corrected chi connectivity index (χ2v) is 8.44. The largest absolute Gasteiger partial charge is 0.508 e. The number of aromatic nitrogens is 5. The molecule has 0 aliphatic rings. The monoisotopic (exact) mass is 533 g/mol. The highest BCUT2D eigenvalue weighted by molar-refractivity contribution is 6.35. The maximum Gasteiger partial charge on any atom is 0.432 e. The second kappa shape index (κ2) is 8.92. The molecule has 0 amide bonds. The maximum absolute atomic E-state index is 14.5. The Bertz CT molecular complexity index is 1620. The van der Waals surface area contributed by atoms with Gasteiger partial charge in [-0.15, -0.1) is 0 Å². The normalized spacial score (nSPS) is 11.8. The molecule has 0 unspecified atom stereocenters. The van der Waals surface area contributed by atoms with Crippen molar-refractivity contribution < 1.29 is 27.6 Å². The molecule has 0 saturated carbocycles. The smallest absolute Gasteiger partial charge is 0.432 e. The second-order valence-electron chi connectivity index (χ2n) is 7.59. The number of carbonyl (C=O) groups is 1. The van der Waals surface area contributed by atoms with Crippen LogP contribution < -0.4 is 0 Å². The standard InChI is InChI=1S/C23H12Cl2F3N5O3/c24-12-2-1-11(15(25)7-12)9-33-17-4-3-13(34)8-14(17)18(20(33)23(26,27)28)19(35)21-31-22(36-32-21)16-5-6-29-10-30-16/h1-8,10,34H,9H2. The van der Waals surface area contributed by atoms with Gasteiger partial charge in [0.15, 0.2) is 0 Å². The van der Waals surface area contributed by atoms with Crippen LogP contribution in [0.15, 0.2) is 59.5 Å². The lowest BCUT2D eigenvalue weighted by Gasteiger charge is -2.15. The number of phenols is 1. The Morgan fingerprint density at radius 3 is 2.61 bits per heavy atom. The molecule has 3 heterocycles. The summed E-state index contributed by atoms with van der Waals surface area (Å²) in [6.07, 6.45) is -2.37. The van der Waals surface area contributed by atoms with Crippen molar-refractivity contribution in [3.8, 4) is 17.3 Å². The van der Waals surface area contributed by atoms with Crippen molar-refractivity contribution in [2.24, 2.45) is 0 Å². The average Bonchev–Trinajstić information content (AvgIpc) is 3.44. The number of rotatable bonds is 5. The van der Waals surface area contributed by atoms with Crippen molar-refractivity contribution in [3.05, 3.63) is 87.7 Å². The fraction of sp³-hybridized carbons (Fsp3) is 0.0870. The van der Waals surface area contributed by atoms with Crippen LogP contribution in [-0.2, 0) is 12.7 Å². The molecule has 0 spiro atoms. The first-order valence-corrected chi connectivity index (χ1v) is 10.9. The van der Waals surface area contributed by atoms with Gasteiger partial charge in [-0.25, -0.2) is 9.97 Å². The highest BCUT2D eigenvalue weighted by Gasteiger charge is 2.42. The van der Waals surface area contributed by atoms with Crippen molar-refractivity contribution in [2.75, 3.05) is 0 Å². The molecule has 3 aromatic heterocycles. The summed E-state index contributed by atoms with van der Waals surface area (Å²) < 4.78 is 49.4. The lowest BCUT2D eigenvalue weighted by molar-refractivity contribution is -0.143. The lowest BCUT2D eigenvalue weighted by Crippen LogP contribution is -2.19. The van der Waals surface area contributed by atoms with Crippen LogP contribution >= 0.6 is 23.2 Å². The fourth-order valence-corrected chi connectivity index (χ4v) is 4.27. The van der Waals surface area contributed by atoms with Gasteiger partial charge in [-0.2, -0.15) is 18.2 Å². The first-order valence-electron chi connectivity index (χ1n) is 10.1. The van der Waals surface area contributed by atoms with Crippen molar-refractivity contribution in [1.82, 2.24) is 24.7 Å². The molecule has 0 saturated heterocycles. The van der Waals surface area contributed by atoms with Gasteiger partial charge in [0, 0.05) is 33.7 Å². The first kappa shape index (κ1) is 23.8. The van der Waals surface area contributed by atoms with E-state index in [1.807, 2.05) is 0 Å². The minimum absolute atomic E-state index is 0.0361. The Labute approximate surface area is 209 Å². The van der Waals surface area contributed by atoms with Crippen molar-refractivity contribution in [3.63, 3.8) is 0 Å². The summed E-state index contributed by atoms with van der Waals surface area (Å²) in [4.78, 5) is 25.0. The van der Waals surface area contributed by atoms with Gasteiger partial charge in [-0.1, -0.05) is 34.4 Å². The summed E-state index contributed by atoms with van der Waals surface area (Å²) in [6, 6.07) is 9.40. The molecule has 5 rings (SSSR count). The summed E-state index contributed by atoms with van der Waals surface area (Å²) >= 11 is 12.1. The number of ketones is 1. The van der Waals surface area contributed by atoms with Crippen LogP contribution in [0.25, 0.3) is 22.5 Å². The number of hydrogen-bond acceptors (Lipinski definition) is 7. The summed E-state index contributed by atoms with van der Waals surface area (Å²) in [7, 11) is 0. The highest BCUT2D eigenvalue weighted by atomic mass is 35.5. The molecule has 8 nitrogen and oxygen atoms in total. The zero-order valence-electron chi connectivity index (χ0n) is 17.8. The summed E-state index contributed by atoms with van der Waals surface area (Å²) in [5.74, 6) is -2.26. The molecule has 0 aliphatic carbocycles. The third-order valence-electron chi connectivity index (χ3n) is 5.32. The van der Waals surface area contributed by atoms with Crippen LogP contribution in [0.2, 0.25) is 10.0 Å². The lowest BCUT2D eigenvalue weighted by atomic mass is 10.1. The molecule has 0 aliphatic heterocycles. The van der Waals surface area contributed by atoms with Crippen molar-refractivity contribution >= 4 is 39.9 Å². The summed E-state index contributed by atoms with van der Waals surface area (Å²) in [6.45, 7) is -0.335. The van der Waals surface area contributed by atoms with E-state index in [0.29, 0.717) is 10.6 Å². The number of phenolic OH excluding ortho intramolecular Hbond substituents is 1. The van der Waals surface area contributed by atoms with E-state index in [2.05, 4.69) is 20.1 Å². The number of benzene rings is 2. The number of fused-ring (bicyclic) bond motifs is 1. The van der Waals surface area contributed by atoms with Crippen LogP contribution in [0, 0.1) is 0 Å².